The highest BCUT2D eigenvalue weighted by Crippen LogP contribution is 1.76. The molecule has 4 nitrogen and oxygen atoms in total. The predicted octanol–water partition coefficient (Wildman–Crippen LogP) is -0.514. The van der Waals surface area contributed by atoms with Crippen LogP contribution in [0.5, 0.6) is 0 Å². The average Bonchev–Trinajstić information content (AvgIpc) is 1.85. The Morgan fingerprint density at radius 1 is 1.64 bits per heavy atom. The molecule has 0 bridgehead atoms. The Balaban J connectivity index is 2.97. The molecule has 0 fully saturated rings. The fourth-order valence-electron chi connectivity index (χ4n) is 0.593. The highest BCUT2D eigenvalue weighted by molar-refractivity contribution is 5.74. The zero-order chi connectivity index (χ0) is 8.69. The number of primary amides is 1. The Morgan fingerprint density at radius 3 is 2.73 bits per heavy atom. The standard InChI is InChI=1S/C7H16N2O2/c1-6(2)9-3-4-11-5-7(8)10/h6,9H,3-5H2,1-2H3,(H2,8,10). The lowest BCUT2D eigenvalue weighted by molar-refractivity contribution is -0.122. The number of nitrogens with one attached hydrogen (secondary N) is 1. The fraction of sp³-hybridized carbons (Fsp3) is 0.857. The molecule has 0 aromatic carbocycles. The van der Waals surface area contributed by atoms with E-state index in [9.17, 15) is 4.79 Å². The molecule has 0 rings (SSSR count). The summed E-state index contributed by atoms with van der Waals surface area (Å²) < 4.78 is 4.91. The summed E-state index contributed by atoms with van der Waals surface area (Å²) in [5.41, 5.74) is 4.85. The minimum atomic E-state index is -0.422. The van der Waals surface area contributed by atoms with Crippen LogP contribution in [0.4, 0.5) is 0 Å². The summed E-state index contributed by atoms with van der Waals surface area (Å²) in [5, 5.41) is 3.14. The number of rotatable bonds is 6. The number of ether oxygens (including phenoxy) is 1. The van der Waals surface area contributed by atoms with Crippen LogP contribution in [0, 0.1) is 0 Å². The topological polar surface area (TPSA) is 64.3 Å². The molecule has 0 aromatic rings. The lowest BCUT2D eigenvalue weighted by atomic mass is 10.4. The van der Waals surface area contributed by atoms with Crippen molar-refractivity contribution in [3.8, 4) is 0 Å². The molecule has 4 heteroatoms. The molecular weight excluding hydrogens is 144 g/mol. The van der Waals surface area contributed by atoms with Gasteiger partial charge < -0.3 is 15.8 Å². The Morgan fingerprint density at radius 2 is 2.27 bits per heavy atom. The Hall–Kier alpha value is -0.610. The van der Waals surface area contributed by atoms with Gasteiger partial charge in [-0.15, -0.1) is 0 Å². The first-order valence-corrected chi connectivity index (χ1v) is 3.72. The summed E-state index contributed by atoms with van der Waals surface area (Å²) in [7, 11) is 0. The monoisotopic (exact) mass is 160 g/mol. The lowest BCUT2D eigenvalue weighted by Gasteiger charge is -2.06. The second kappa shape index (κ2) is 6.12. The summed E-state index contributed by atoms with van der Waals surface area (Å²) in [6.45, 7) is 5.40. The van der Waals surface area contributed by atoms with E-state index >= 15 is 0 Å². The molecule has 0 spiro atoms. The Kier molecular flexibility index (Phi) is 5.78. The minimum Gasteiger partial charge on any atom is -0.370 e. The van der Waals surface area contributed by atoms with E-state index in [1.807, 2.05) is 13.8 Å². The number of carbonyl (C=O) groups is 1. The molecule has 1 amide bonds. The van der Waals surface area contributed by atoms with Gasteiger partial charge in [-0.05, 0) is 0 Å². The molecule has 0 aromatic heterocycles. The normalized spacial score (nSPS) is 10.5. The van der Waals surface area contributed by atoms with E-state index < -0.39 is 5.91 Å². The molecule has 0 aliphatic heterocycles. The van der Waals surface area contributed by atoms with Crippen molar-refractivity contribution in [1.82, 2.24) is 5.32 Å². The largest absolute Gasteiger partial charge is 0.370 e. The van der Waals surface area contributed by atoms with Crippen molar-refractivity contribution in [2.75, 3.05) is 19.8 Å². The smallest absolute Gasteiger partial charge is 0.243 e. The quantitative estimate of drug-likeness (QED) is 0.514. The van der Waals surface area contributed by atoms with E-state index in [0.29, 0.717) is 12.6 Å². The summed E-state index contributed by atoms with van der Waals surface area (Å²) in [5.74, 6) is -0.422. The second-order valence-corrected chi connectivity index (χ2v) is 2.63. The van der Waals surface area contributed by atoms with Crippen LogP contribution in [0.2, 0.25) is 0 Å². The van der Waals surface area contributed by atoms with Gasteiger partial charge in [0.2, 0.25) is 5.91 Å². The van der Waals surface area contributed by atoms with Gasteiger partial charge in [-0.3, -0.25) is 4.79 Å². The van der Waals surface area contributed by atoms with Crippen molar-refractivity contribution in [3.63, 3.8) is 0 Å². The minimum absolute atomic E-state index is 0.0137. The SMILES string of the molecule is CC(C)NCCOCC(N)=O. The van der Waals surface area contributed by atoms with E-state index in [1.165, 1.54) is 0 Å². The molecule has 0 radical (unpaired) electrons. The maximum atomic E-state index is 10.2. The summed E-state index contributed by atoms with van der Waals surface area (Å²) in [4.78, 5) is 10.2. The molecular formula is C7H16N2O2. The summed E-state index contributed by atoms with van der Waals surface area (Å²) in [6.07, 6.45) is 0. The van der Waals surface area contributed by atoms with Crippen LogP contribution in [0.15, 0.2) is 0 Å². The zero-order valence-electron chi connectivity index (χ0n) is 7.09. The van der Waals surface area contributed by atoms with E-state index in [0.717, 1.165) is 6.54 Å². The third-order valence-corrected chi connectivity index (χ3v) is 1.04. The van der Waals surface area contributed by atoms with Gasteiger partial charge >= 0.3 is 0 Å². The Labute approximate surface area is 67.1 Å². The number of amides is 1. The molecule has 3 N–H and O–H groups in total. The maximum absolute atomic E-state index is 10.2. The predicted molar refractivity (Wildman–Crippen MR) is 43.2 cm³/mol. The first kappa shape index (κ1) is 10.4. The molecule has 0 unspecified atom stereocenters. The van der Waals surface area contributed by atoms with Crippen LogP contribution >= 0.6 is 0 Å². The second-order valence-electron chi connectivity index (χ2n) is 2.63. The van der Waals surface area contributed by atoms with Crippen molar-refractivity contribution in [2.45, 2.75) is 19.9 Å². The number of hydrogen-bond acceptors (Lipinski definition) is 3. The molecule has 0 atom stereocenters. The van der Waals surface area contributed by atoms with Gasteiger partial charge in [-0.25, -0.2) is 0 Å². The molecule has 0 saturated carbocycles. The molecule has 0 heterocycles. The van der Waals surface area contributed by atoms with Crippen LogP contribution < -0.4 is 11.1 Å². The van der Waals surface area contributed by atoms with Crippen LogP contribution in [0.3, 0.4) is 0 Å². The third kappa shape index (κ3) is 9.39. The first-order valence-electron chi connectivity index (χ1n) is 3.72. The molecule has 0 saturated heterocycles. The van der Waals surface area contributed by atoms with Crippen molar-refractivity contribution < 1.29 is 9.53 Å². The summed E-state index contributed by atoms with van der Waals surface area (Å²) in [6, 6.07) is 0.451. The van der Waals surface area contributed by atoms with Crippen LogP contribution in [0.1, 0.15) is 13.8 Å². The van der Waals surface area contributed by atoms with Crippen molar-refractivity contribution in [2.24, 2.45) is 5.73 Å². The van der Waals surface area contributed by atoms with Gasteiger partial charge in [0, 0.05) is 12.6 Å². The lowest BCUT2D eigenvalue weighted by Crippen LogP contribution is -2.28. The highest BCUT2D eigenvalue weighted by atomic mass is 16.5. The zero-order valence-corrected chi connectivity index (χ0v) is 7.09. The van der Waals surface area contributed by atoms with Crippen molar-refractivity contribution >= 4 is 5.91 Å². The molecule has 66 valence electrons. The van der Waals surface area contributed by atoms with Crippen molar-refractivity contribution in [3.05, 3.63) is 0 Å². The van der Waals surface area contributed by atoms with Crippen LogP contribution in [-0.4, -0.2) is 31.7 Å². The van der Waals surface area contributed by atoms with Crippen molar-refractivity contribution in [1.29, 1.82) is 0 Å². The number of hydrogen-bond donors (Lipinski definition) is 2. The third-order valence-electron chi connectivity index (χ3n) is 1.04. The van der Waals surface area contributed by atoms with Gasteiger partial charge in [0.25, 0.3) is 0 Å². The maximum Gasteiger partial charge on any atom is 0.243 e. The summed E-state index contributed by atoms with van der Waals surface area (Å²) >= 11 is 0. The van der Waals surface area contributed by atoms with Gasteiger partial charge in [0.15, 0.2) is 0 Å². The van der Waals surface area contributed by atoms with Crippen LogP contribution in [0.25, 0.3) is 0 Å². The van der Waals surface area contributed by atoms with Gasteiger partial charge in [0.1, 0.15) is 6.61 Å². The van der Waals surface area contributed by atoms with Gasteiger partial charge in [-0.1, -0.05) is 13.8 Å². The Bertz CT molecular complexity index is 115. The highest BCUT2D eigenvalue weighted by Gasteiger charge is 1.94. The number of nitrogens with two attached hydrogens (primary N) is 1. The molecule has 11 heavy (non-hydrogen) atoms. The van der Waals surface area contributed by atoms with E-state index in [2.05, 4.69) is 5.32 Å². The average molecular weight is 160 g/mol. The number of carbonyl (C=O) groups excluding carboxylic acids is 1. The molecule has 0 aliphatic carbocycles. The molecule has 0 aliphatic rings. The fourth-order valence-corrected chi connectivity index (χ4v) is 0.593. The van der Waals surface area contributed by atoms with Crippen LogP contribution in [-0.2, 0) is 9.53 Å². The van der Waals surface area contributed by atoms with Gasteiger partial charge in [-0.2, -0.15) is 0 Å². The van der Waals surface area contributed by atoms with Gasteiger partial charge in [0.05, 0.1) is 6.61 Å². The first-order chi connectivity index (χ1) is 5.13. The van der Waals surface area contributed by atoms with E-state index in [-0.39, 0.29) is 6.61 Å². The van der Waals surface area contributed by atoms with E-state index in [4.69, 9.17) is 10.5 Å². The van der Waals surface area contributed by atoms with E-state index in [1.54, 1.807) is 0 Å².